The Bertz CT molecular complexity index is 1260. The molecule has 0 aliphatic rings. The minimum Gasteiger partial charge on any atom is -0.324 e. The number of aromatic amines is 1. The van der Waals surface area contributed by atoms with E-state index >= 15 is 0 Å². The molecule has 0 fully saturated rings. The van der Waals surface area contributed by atoms with Gasteiger partial charge in [-0.2, -0.15) is 0 Å². The molecule has 0 amide bonds. The van der Waals surface area contributed by atoms with Crippen molar-refractivity contribution in [1.82, 2.24) is 14.5 Å². The van der Waals surface area contributed by atoms with Crippen LogP contribution in [0.1, 0.15) is 11.1 Å². The van der Waals surface area contributed by atoms with Crippen LogP contribution in [0.4, 0.5) is 0 Å². The fourth-order valence-electron chi connectivity index (χ4n) is 3.23. The van der Waals surface area contributed by atoms with E-state index in [4.69, 9.17) is 21.4 Å². The number of nitrogens with zero attached hydrogens (tertiary/aromatic N) is 2. The van der Waals surface area contributed by atoms with Crippen molar-refractivity contribution < 1.29 is 14.4 Å². The summed E-state index contributed by atoms with van der Waals surface area (Å²) in [6.45, 7) is 0.453. The zero-order valence-electron chi connectivity index (χ0n) is 14.0. The third-order valence-electron chi connectivity index (χ3n) is 4.36. The second-order valence-corrected chi connectivity index (χ2v) is 8.40. The van der Waals surface area contributed by atoms with E-state index < -0.39 is 7.60 Å². The van der Waals surface area contributed by atoms with Crippen LogP contribution in [0.15, 0.2) is 53.6 Å². The topological polar surface area (TPSA) is 108 Å². The van der Waals surface area contributed by atoms with Gasteiger partial charge in [0.15, 0.2) is 0 Å². The van der Waals surface area contributed by atoms with Crippen LogP contribution in [-0.2, 0) is 17.3 Å². The van der Waals surface area contributed by atoms with Crippen molar-refractivity contribution in [3.05, 3.63) is 75.3 Å². The zero-order chi connectivity index (χ0) is 19.2. The lowest BCUT2D eigenvalue weighted by atomic mass is 10.1. The van der Waals surface area contributed by atoms with Crippen LogP contribution in [0.3, 0.4) is 0 Å². The quantitative estimate of drug-likeness (QED) is 0.453. The highest BCUT2D eigenvalue weighted by atomic mass is 35.5. The van der Waals surface area contributed by atoms with E-state index in [0.717, 1.165) is 16.5 Å². The molecule has 2 heterocycles. The summed E-state index contributed by atoms with van der Waals surface area (Å²) in [6.07, 6.45) is 1.07. The average molecular weight is 404 g/mol. The number of benzene rings is 2. The number of hydrogen-bond donors (Lipinski definition) is 3. The Hall–Kier alpha value is -2.44. The molecular weight excluding hydrogens is 389 g/mol. The van der Waals surface area contributed by atoms with E-state index in [1.54, 1.807) is 24.3 Å². The van der Waals surface area contributed by atoms with Gasteiger partial charge in [0.25, 0.3) is 5.56 Å². The summed E-state index contributed by atoms with van der Waals surface area (Å²) < 4.78 is 13.1. The van der Waals surface area contributed by atoms with Crippen LogP contribution in [0, 0.1) is 0 Å². The van der Waals surface area contributed by atoms with Gasteiger partial charge in [-0.05, 0) is 29.3 Å². The zero-order valence-corrected chi connectivity index (χ0v) is 15.6. The van der Waals surface area contributed by atoms with Gasteiger partial charge in [-0.15, -0.1) is 0 Å². The number of H-pyrrole nitrogens is 1. The van der Waals surface area contributed by atoms with E-state index in [0.29, 0.717) is 28.2 Å². The number of halogens is 1. The summed E-state index contributed by atoms with van der Waals surface area (Å²) in [5.74, 6) is 0. The molecule has 4 rings (SSSR count). The van der Waals surface area contributed by atoms with Crippen molar-refractivity contribution in [3.8, 4) is 0 Å². The summed E-state index contributed by atoms with van der Waals surface area (Å²) in [4.78, 5) is 37.4. The lowest BCUT2D eigenvalue weighted by molar-refractivity contribution is 0.371. The third-order valence-corrected chi connectivity index (χ3v) is 5.37. The Labute approximate surface area is 158 Å². The van der Waals surface area contributed by atoms with E-state index in [-0.39, 0.29) is 11.7 Å². The van der Waals surface area contributed by atoms with Crippen LogP contribution in [0.25, 0.3) is 21.9 Å². The first kappa shape index (κ1) is 17.9. The van der Waals surface area contributed by atoms with Crippen LogP contribution in [0.5, 0.6) is 0 Å². The molecule has 0 spiro atoms. The molecule has 0 atom stereocenters. The first-order chi connectivity index (χ1) is 12.8. The van der Waals surface area contributed by atoms with E-state index in [1.807, 2.05) is 22.8 Å². The lowest BCUT2D eigenvalue weighted by Crippen LogP contribution is -2.07. The minimum atomic E-state index is -4.10. The predicted molar refractivity (Wildman–Crippen MR) is 104 cm³/mol. The van der Waals surface area contributed by atoms with Gasteiger partial charge in [0.1, 0.15) is 5.65 Å². The largest absolute Gasteiger partial charge is 0.329 e. The fraction of sp³-hybridized carbons (Fsp3) is 0.111. The molecule has 9 heteroatoms. The van der Waals surface area contributed by atoms with Crippen molar-refractivity contribution in [1.29, 1.82) is 0 Å². The molecule has 0 aliphatic heterocycles. The SMILES string of the molecule is O=c1[nH]cnc2c1c1cc(Cl)ccc1n2Cc1ccc(CP(=O)(O)O)cc1. The number of fused-ring (bicyclic) bond motifs is 3. The van der Waals surface area contributed by atoms with Crippen LogP contribution in [0.2, 0.25) is 5.02 Å². The summed E-state index contributed by atoms with van der Waals surface area (Å²) in [5.41, 5.74) is 2.63. The molecular formula is C18H15ClN3O4P. The first-order valence-corrected chi connectivity index (χ1v) is 10.3. The average Bonchev–Trinajstić information content (AvgIpc) is 2.90. The number of aromatic nitrogens is 3. The maximum atomic E-state index is 12.3. The Kier molecular flexibility index (Phi) is 4.40. The van der Waals surface area contributed by atoms with Crippen molar-refractivity contribution in [2.45, 2.75) is 12.7 Å². The van der Waals surface area contributed by atoms with Gasteiger partial charge >= 0.3 is 7.60 Å². The summed E-state index contributed by atoms with van der Waals surface area (Å²) >= 11 is 6.11. The molecule has 0 saturated carbocycles. The molecule has 0 saturated heterocycles. The predicted octanol–water partition coefficient (Wildman–Crippen LogP) is 3.26. The van der Waals surface area contributed by atoms with Gasteiger partial charge in [-0.3, -0.25) is 9.36 Å². The molecule has 0 bridgehead atoms. The second kappa shape index (κ2) is 6.62. The van der Waals surface area contributed by atoms with Gasteiger partial charge in [0, 0.05) is 17.0 Å². The molecule has 2 aromatic carbocycles. The van der Waals surface area contributed by atoms with Gasteiger partial charge in [0.2, 0.25) is 0 Å². The van der Waals surface area contributed by atoms with Gasteiger partial charge in [-0.25, -0.2) is 4.98 Å². The lowest BCUT2D eigenvalue weighted by Gasteiger charge is -2.09. The highest BCUT2D eigenvalue weighted by Crippen LogP contribution is 2.39. The Morgan fingerprint density at radius 3 is 2.52 bits per heavy atom. The maximum Gasteiger partial charge on any atom is 0.329 e. The Morgan fingerprint density at radius 2 is 1.81 bits per heavy atom. The molecule has 0 aliphatic carbocycles. The number of nitrogens with one attached hydrogen (secondary N) is 1. The molecule has 7 nitrogen and oxygen atoms in total. The van der Waals surface area contributed by atoms with Crippen molar-refractivity contribution in [2.24, 2.45) is 0 Å². The smallest absolute Gasteiger partial charge is 0.324 e. The highest BCUT2D eigenvalue weighted by molar-refractivity contribution is 7.50. The third kappa shape index (κ3) is 3.55. The van der Waals surface area contributed by atoms with Crippen molar-refractivity contribution in [2.75, 3.05) is 0 Å². The molecule has 3 N–H and O–H groups in total. The highest BCUT2D eigenvalue weighted by Gasteiger charge is 2.16. The van der Waals surface area contributed by atoms with Crippen LogP contribution in [-0.4, -0.2) is 24.3 Å². The summed E-state index contributed by atoms with van der Waals surface area (Å²) in [6, 6.07) is 12.4. The fourth-order valence-corrected chi connectivity index (χ4v) is 4.08. The Morgan fingerprint density at radius 1 is 1.11 bits per heavy atom. The maximum absolute atomic E-state index is 12.3. The van der Waals surface area contributed by atoms with E-state index in [9.17, 15) is 9.36 Å². The standard InChI is InChI=1S/C18H15ClN3O4P/c19-13-5-6-15-14(7-13)16-17(20-10-21-18(16)23)22(15)8-11-1-3-12(4-2-11)9-27(24,25)26/h1-7,10H,8-9H2,(H,20,21,23)(H2,24,25,26). The first-order valence-electron chi connectivity index (χ1n) is 8.09. The van der Waals surface area contributed by atoms with Gasteiger partial charge < -0.3 is 19.3 Å². The number of hydrogen-bond acceptors (Lipinski definition) is 3. The normalized spacial score (nSPS) is 12.1. The molecule has 0 radical (unpaired) electrons. The van der Waals surface area contributed by atoms with Crippen LogP contribution >= 0.6 is 19.2 Å². The van der Waals surface area contributed by atoms with E-state index in [1.165, 1.54) is 6.33 Å². The van der Waals surface area contributed by atoms with Gasteiger partial charge in [-0.1, -0.05) is 35.9 Å². The molecule has 27 heavy (non-hydrogen) atoms. The molecule has 138 valence electrons. The summed E-state index contributed by atoms with van der Waals surface area (Å²) in [5, 5.41) is 1.74. The van der Waals surface area contributed by atoms with Crippen molar-refractivity contribution >= 4 is 41.1 Å². The summed E-state index contributed by atoms with van der Waals surface area (Å²) in [7, 11) is -4.10. The van der Waals surface area contributed by atoms with Gasteiger partial charge in [0.05, 0.1) is 23.4 Å². The number of rotatable bonds is 4. The minimum absolute atomic E-state index is 0.233. The van der Waals surface area contributed by atoms with Crippen LogP contribution < -0.4 is 5.56 Å². The Balaban J connectivity index is 1.81. The monoisotopic (exact) mass is 403 g/mol. The molecule has 0 unspecified atom stereocenters. The molecule has 2 aromatic heterocycles. The van der Waals surface area contributed by atoms with Crippen molar-refractivity contribution in [3.63, 3.8) is 0 Å². The second-order valence-electron chi connectivity index (χ2n) is 6.32. The van der Waals surface area contributed by atoms with E-state index in [2.05, 4.69) is 9.97 Å². The molecule has 4 aromatic rings.